The number of carbonyl (C=O) groups is 2. The summed E-state index contributed by atoms with van der Waals surface area (Å²) in [6.07, 6.45) is 4.86. The van der Waals surface area contributed by atoms with Crippen LogP contribution < -0.4 is 5.32 Å². The van der Waals surface area contributed by atoms with Gasteiger partial charge in [-0.15, -0.1) is 11.3 Å². The predicted octanol–water partition coefficient (Wildman–Crippen LogP) is 3.84. The number of hydrogen-bond acceptors (Lipinski definition) is 6. The number of rotatable bonds is 4. The number of nitrogens with zero attached hydrogens (tertiary/aromatic N) is 4. The maximum Gasteiger partial charge on any atom is 0.410 e. The van der Waals surface area contributed by atoms with Crippen LogP contribution in [-0.2, 0) is 11.3 Å². The third kappa shape index (κ3) is 5.22. The molecule has 9 heteroatoms. The SMILES string of the molecule is CC(C)(C)OC(=O)N1CCC(c2ccc(C(=O)NCc3ccc4ncnn4c3)s2)CC1. The van der Waals surface area contributed by atoms with Gasteiger partial charge in [0.15, 0.2) is 5.65 Å². The van der Waals surface area contributed by atoms with E-state index in [1.54, 1.807) is 9.42 Å². The highest BCUT2D eigenvalue weighted by Gasteiger charge is 2.28. The molecule has 0 atom stereocenters. The third-order valence-corrected chi connectivity index (χ3v) is 6.43. The first-order valence-corrected chi connectivity index (χ1v) is 11.2. The lowest BCUT2D eigenvalue weighted by atomic mass is 9.95. The molecular weight excluding hydrogens is 414 g/mol. The molecule has 0 aromatic carbocycles. The van der Waals surface area contributed by atoms with Crippen LogP contribution in [0.25, 0.3) is 5.65 Å². The van der Waals surface area contributed by atoms with Crippen LogP contribution in [-0.4, -0.2) is 50.2 Å². The highest BCUT2D eigenvalue weighted by molar-refractivity contribution is 7.14. The Bertz CT molecular complexity index is 1080. The Morgan fingerprint density at radius 3 is 2.71 bits per heavy atom. The van der Waals surface area contributed by atoms with Gasteiger partial charge < -0.3 is 15.0 Å². The van der Waals surface area contributed by atoms with Crippen LogP contribution >= 0.6 is 11.3 Å². The summed E-state index contributed by atoms with van der Waals surface area (Å²) in [5.74, 6) is 0.279. The van der Waals surface area contributed by atoms with Crippen LogP contribution in [0.2, 0.25) is 0 Å². The van der Waals surface area contributed by atoms with Crippen molar-refractivity contribution in [2.75, 3.05) is 13.1 Å². The Morgan fingerprint density at radius 2 is 1.97 bits per heavy atom. The minimum Gasteiger partial charge on any atom is -0.444 e. The minimum atomic E-state index is -0.481. The fourth-order valence-corrected chi connectivity index (χ4v) is 4.69. The van der Waals surface area contributed by atoms with Crippen LogP contribution in [0.5, 0.6) is 0 Å². The van der Waals surface area contributed by atoms with E-state index in [0.717, 1.165) is 24.1 Å². The summed E-state index contributed by atoms with van der Waals surface area (Å²) in [7, 11) is 0. The van der Waals surface area contributed by atoms with Crippen LogP contribution in [0.15, 0.2) is 36.8 Å². The molecule has 1 N–H and O–H groups in total. The lowest BCUT2D eigenvalue weighted by Crippen LogP contribution is -2.41. The Kier molecular flexibility index (Phi) is 5.95. The normalized spacial score (nSPS) is 15.3. The van der Waals surface area contributed by atoms with E-state index in [1.165, 1.54) is 22.5 Å². The molecule has 2 amide bonds. The molecule has 1 aliphatic rings. The highest BCUT2D eigenvalue weighted by Crippen LogP contribution is 2.33. The minimum absolute atomic E-state index is 0.0823. The van der Waals surface area contributed by atoms with Gasteiger partial charge in [0, 0.05) is 30.7 Å². The van der Waals surface area contributed by atoms with Gasteiger partial charge in [0.1, 0.15) is 11.9 Å². The molecule has 4 heterocycles. The lowest BCUT2D eigenvalue weighted by Gasteiger charge is -2.33. The zero-order chi connectivity index (χ0) is 22.0. The highest BCUT2D eigenvalue weighted by atomic mass is 32.1. The van der Waals surface area contributed by atoms with Crippen molar-refractivity contribution < 1.29 is 14.3 Å². The zero-order valence-corrected chi connectivity index (χ0v) is 18.8. The summed E-state index contributed by atoms with van der Waals surface area (Å²) in [6, 6.07) is 7.73. The third-order valence-electron chi connectivity index (χ3n) is 5.19. The molecule has 3 aromatic rings. The Morgan fingerprint density at radius 1 is 1.19 bits per heavy atom. The van der Waals surface area contributed by atoms with Crippen molar-refractivity contribution in [1.82, 2.24) is 24.8 Å². The van der Waals surface area contributed by atoms with E-state index in [9.17, 15) is 9.59 Å². The fraction of sp³-hybridized carbons (Fsp3) is 0.455. The number of likely N-dealkylation sites (tertiary alicyclic amines) is 1. The van der Waals surface area contributed by atoms with E-state index in [-0.39, 0.29) is 12.0 Å². The van der Waals surface area contributed by atoms with Gasteiger partial charge in [-0.25, -0.2) is 14.3 Å². The van der Waals surface area contributed by atoms with Crippen molar-refractivity contribution in [3.05, 3.63) is 52.1 Å². The zero-order valence-electron chi connectivity index (χ0n) is 18.0. The van der Waals surface area contributed by atoms with Crippen molar-refractivity contribution >= 4 is 29.0 Å². The van der Waals surface area contributed by atoms with E-state index in [1.807, 2.05) is 51.2 Å². The molecule has 0 unspecified atom stereocenters. The summed E-state index contributed by atoms with van der Waals surface area (Å²) < 4.78 is 7.15. The average Bonchev–Trinajstić information content (AvgIpc) is 3.40. The van der Waals surface area contributed by atoms with E-state index in [4.69, 9.17) is 4.74 Å². The molecule has 164 valence electrons. The number of aromatic nitrogens is 3. The molecule has 31 heavy (non-hydrogen) atoms. The first-order chi connectivity index (χ1) is 14.8. The number of hydrogen-bond donors (Lipinski definition) is 1. The number of nitrogens with one attached hydrogen (secondary N) is 1. The number of fused-ring (bicyclic) bond motifs is 1. The van der Waals surface area contributed by atoms with Crippen molar-refractivity contribution in [2.24, 2.45) is 0 Å². The average molecular weight is 442 g/mol. The number of piperidine rings is 1. The van der Waals surface area contributed by atoms with Gasteiger partial charge >= 0.3 is 6.09 Å². The molecule has 4 rings (SSSR count). The lowest BCUT2D eigenvalue weighted by molar-refractivity contribution is 0.0205. The molecule has 0 radical (unpaired) electrons. The van der Waals surface area contributed by atoms with E-state index in [2.05, 4.69) is 15.4 Å². The van der Waals surface area contributed by atoms with Crippen LogP contribution in [0, 0.1) is 0 Å². The summed E-state index contributed by atoms with van der Waals surface area (Å²) >= 11 is 1.53. The monoisotopic (exact) mass is 441 g/mol. The number of pyridine rings is 1. The van der Waals surface area contributed by atoms with Crippen molar-refractivity contribution in [3.63, 3.8) is 0 Å². The molecule has 0 aliphatic carbocycles. The van der Waals surface area contributed by atoms with Crippen molar-refractivity contribution in [3.8, 4) is 0 Å². The van der Waals surface area contributed by atoms with E-state index in [0.29, 0.717) is 30.4 Å². The standard InChI is InChI=1S/C22H27N5O3S/c1-22(2,3)30-21(29)26-10-8-16(9-11-26)17-5-6-18(31-17)20(28)23-12-15-4-7-19-24-14-25-27(19)13-15/h4-7,13-14,16H,8-12H2,1-3H3,(H,23,28). The summed E-state index contributed by atoms with van der Waals surface area (Å²) in [5.41, 5.74) is 1.25. The van der Waals surface area contributed by atoms with Crippen LogP contribution in [0.4, 0.5) is 4.79 Å². The Labute approximate surface area is 185 Å². The number of carbonyl (C=O) groups excluding carboxylic acids is 2. The molecule has 0 bridgehead atoms. The van der Waals surface area contributed by atoms with Gasteiger partial charge in [-0.2, -0.15) is 5.10 Å². The van der Waals surface area contributed by atoms with Crippen molar-refractivity contribution in [2.45, 2.75) is 51.7 Å². The predicted molar refractivity (Wildman–Crippen MR) is 118 cm³/mol. The molecule has 1 fully saturated rings. The molecule has 0 spiro atoms. The number of thiophene rings is 1. The van der Waals surface area contributed by atoms with Gasteiger partial charge in [-0.1, -0.05) is 6.07 Å². The van der Waals surface area contributed by atoms with Crippen molar-refractivity contribution in [1.29, 1.82) is 0 Å². The Balaban J connectivity index is 1.29. The summed E-state index contributed by atoms with van der Waals surface area (Å²) in [4.78, 5) is 32.6. The largest absolute Gasteiger partial charge is 0.444 e. The van der Waals surface area contributed by atoms with Gasteiger partial charge in [0.25, 0.3) is 5.91 Å². The van der Waals surface area contributed by atoms with Gasteiger partial charge in [0.2, 0.25) is 0 Å². The fourth-order valence-electron chi connectivity index (χ4n) is 3.60. The van der Waals surface area contributed by atoms with E-state index < -0.39 is 5.60 Å². The number of amides is 2. The molecule has 8 nitrogen and oxygen atoms in total. The molecule has 1 saturated heterocycles. The van der Waals surface area contributed by atoms with Gasteiger partial charge in [-0.3, -0.25) is 4.79 Å². The number of ether oxygens (including phenoxy) is 1. The first kappa shape index (κ1) is 21.3. The second-order valence-corrected chi connectivity index (χ2v) is 9.84. The molecule has 1 aliphatic heterocycles. The van der Waals surface area contributed by atoms with E-state index >= 15 is 0 Å². The van der Waals surface area contributed by atoms with Crippen LogP contribution in [0.3, 0.4) is 0 Å². The maximum absolute atomic E-state index is 12.6. The van der Waals surface area contributed by atoms with Gasteiger partial charge in [0.05, 0.1) is 4.88 Å². The first-order valence-electron chi connectivity index (χ1n) is 10.4. The van der Waals surface area contributed by atoms with Gasteiger partial charge in [-0.05, 0) is 63.3 Å². The molecular formula is C22H27N5O3S. The summed E-state index contributed by atoms with van der Waals surface area (Å²) in [5, 5.41) is 7.09. The molecule has 3 aromatic heterocycles. The van der Waals surface area contributed by atoms with Crippen LogP contribution in [0.1, 0.15) is 59.6 Å². The second kappa shape index (κ2) is 8.66. The topological polar surface area (TPSA) is 88.8 Å². The summed E-state index contributed by atoms with van der Waals surface area (Å²) in [6.45, 7) is 7.40. The maximum atomic E-state index is 12.6. The molecule has 0 saturated carbocycles. The quantitative estimate of drug-likeness (QED) is 0.665. The second-order valence-electron chi connectivity index (χ2n) is 8.73. The smallest absolute Gasteiger partial charge is 0.410 e. The Hall–Kier alpha value is -2.94.